The van der Waals surface area contributed by atoms with Crippen LogP contribution in [0.5, 0.6) is 5.75 Å². The van der Waals surface area contributed by atoms with Crippen LogP contribution in [-0.4, -0.2) is 23.7 Å². The highest BCUT2D eigenvalue weighted by Gasteiger charge is 2.21. The van der Waals surface area contributed by atoms with Gasteiger partial charge in [0.15, 0.2) is 0 Å². The summed E-state index contributed by atoms with van der Waals surface area (Å²) in [6.45, 7) is 5.43. The van der Waals surface area contributed by atoms with Gasteiger partial charge in [-0.1, -0.05) is 0 Å². The van der Waals surface area contributed by atoms with Crippen molar-refractivity contribution in [1.82, 2.24) is 4.98 Å². The Kier molecular flexibility index (Phi) is 3.91. The van der Waals surface area contributed by atoms with E-state index in [0.717, 1.165) is 0 Å². The van der Waals surface area contributed by atoms with Crippen molar-refractivity contribution in [3.05, 3.63) is 22.4 Å². The van der Waals surface area contributed by atoms with Gasteiger partial charge in [0.1, 0.15) is 21.5 Å². The Morgan fingerprint density at radius 2 is 2.06 bits per heavy atom. The van der Waals surface area contributed by atoms with Crippen LogP contribution in [0.4, 0.5) is 0 Å². The monoisotopic (exact) mass is 287 g/mol. The van der Waals surface area contributed by atoms with Gasteiger partial charge in [0.25, 0.3) is 0 Å². The Labute approximate surface area is 103 Å². The fourth-order valence-corrected chi connectivity index (χ4v) is 1.38. The second-order valence-corrected chi connectivity index (χ2v) is 5.02. The predicted octanol–water partition coefficient (Wildman–Crippen LogP) is 2.81. The summed E-state index contributed by atoms with van der Waals surface area (Å²) in [6.07, 6.45) is 1.43. The molecule has 0 radical (unpaired) electrons. The van der Waals surface area contributed by atoms with E-state index in [1.54, 1.807) is 6.07 Å². The molecule has 0 bridgehead atoms. The molecule has 0 fully saturated rings. The third kappa shape index (κ3) is 3.48. The van der Waals surface area contributed by atoms with Gasteiger partial charge >= 0.3 is 5.97 Å². The lowest BCUT2D eigenvalue weighted by molar-refractivity contribution is 0.00660. The maximum absolute atomic E-state index is 11.8. The maximum Gasteiger partial charge on any atom is 0.344 e. The zero-order valence-electron chi connectivity index (χ0n) is 9.70. The molecule has 4 nitrogen and oxygen atoms in total. The Bertz CT molecular complexity index is 399. The van der Waals surface area contributed by atoms with Crippen LogP contribution >= 0.6 is 15.9 Å². The van der Waals surface area contributed by atoms with Crippen molar-refractivity contribution in [2.45, 2.75) is 26.4 Å². The summed E-state index contributed by atoms with van der Waals surface area (Å²) in [5, 5.41) is 0. The molecule has 5 heteroatoms. The minimum absolute atomic E-state index is 0.320. The van der Waals surface area contributed by atoms with Crippen LogP contribution < -0.4 is 4.74 Å². The van der Waals surface area contributed by atoms with E-state index in [0.29, 0.717) is 15.9 Å². The number of pyridine rings is 1. The number of carbonyl (C=O) groups is 1. The summed E-state index contributed by atoms with van der Waals surface area (Å²) < 4.78 is 10.9. The van der Waals surface area contributed by atoms with Crippen LogP contribution in [-0.2, 0) is 4.74 Å². The van der Waals surface area contributed by atoms with Crippen molar-refractivity contribution in [2.24, 2.45) is 0 Å². The first kappa shape index (κ1) is 13.0. The van der Waals surface area contributed by atoms with E-state index in [1.165, 1.54) is 13.3 Å². The average Bonchev–Trinajstić information content (AvgIpc) is 2.14. The molecule has 0 aromatic carbocycles. The summed E-state index contributed by atoms with van der Waals surface area (Å²) in [4.78, 5) is 15.8. The highest BCUT2D eigenvalue weighted by Crippen LogP contribution is 2.23. The molecule has 1 rings (SSSR count). The predicted molar refractivity (Wildman–Crippen MR) is 63.7 cm³/mol. The number of ether oxygens (including phenoxy) is 2. The van der Waals surface area contributed by atoms with Crippen LogP contribution in [0, 0.1) is 0 Å². The number of esters is 1. The third-order valence-corrected chi connectivity index (χ3v) is 2.11. The molecule has 16 heavy (non-hydrogen) atoms. The van der Waals surface area contributed by atoms with Gasteiger partial charge in [0.2, 0.25) is 0 Å². The molecule has 1 aromatic rings. The highest BCUT2D eigenvalue weighted by molar-refractivity contribution is 9.10. The van der Waals surface area contributed by atoms with Gasteiger partial charge in [-0.05, 0) is 36.7 Å². The molecule has 0 aliphatic carbocycles. The molecule has 0 saturated carbocycles. The maximum atomic E-state index is 11.8. The average molecular weight is 288 g/mol. The van der Waals surface area contributed by atoms with Crippen LogP contribution in [0.2, 0.25) is 0 Å². The number of halogens is 1. The standard InChI is InChI=1S/C11H14BrNO3/c1-11(2,3)16-10(14)7-6-13-9(12)5-8(7)15-4/h5-6H,1-4H3. The second kappa shape index (κ2) is 4.82. The van der Waals surface area contributed by atoms with E-state index in [4.69, 9.17) is 9.47 Å². The van der Waals surface area contributed by atoms with Crippen LogP contribution in [0.3, 0.4) is 0 Å². The zero-order chi connectivity index (χ0) is 12.3. The number of hydrogen-bond donors (Lipinski definition) is 0. The minimum atomic E-state index is -0.533. The fourth-order valence-electron chi connectivity index (χ4n) is 1.07. The van der Waals surface area contributed by atoms with Crippen LogP contribution in [0.1, 0.15) is 31.1 Å². The summed E-state index contributed by atoms with van der Waals surface area (Å²) in [7, 11) is 1.50. The Morgan fingerprint density at radius 1 is 1.44 bits per heavy atom. The first-order valence-electron chi connectivity index (χ1n) is 4.76. The number of methoxy groups -OCH3 is 1. The van der Waals surface area contributed by atoms with Crippen molar-refractivity contribution >= 4 is 21.9 Å². The van der Waals surface area contributed by atoms with Gasteiger partial charge in [0.05, 0.1) is 7.11 Å². The zero-order valence-corrected chi connectivity index (χ0v) is 11.3. The summed E-state index contributed by atoms with van der Waals surface area (Å²) in [5.41, 5.74) is -0.213. The van der Waals surface area contributed by atoms with E-state index in [2.05, 4.69) is 20.9 Å². The molecular weight excluding hydrogens is 274 g/mol. The highest BCUT2D eigenvalue weighted by atomic mass is 79.9. The van der Waals surface area contributed by atoms with Crippen molar-refractivity contribution < 1.29 is 14.3 Å². The van der Waals surface area contributed by atoms with Gasteiger partial charge in [-0.25, -0.2) is 9.78 Å². The lowest BCUT2D eigenvalue weighted by Crippen LogP contribution is -2.24. The Hall–Kier alpha value is -1.10. The molecule has 0 atom stereocenters. The van der Waals surface area contributed by atoms with E-state index in [9.17, 15) is 4.79 Å². The topological polar surface area (TPSA) is 48.4 Å². The number of aromatic nitrogens is 1. The Morgan fingerprint density at radius 3 is 2.56 bits per heavy atom. The molecular formula is C11H14BrNO3. The lowest BCUT2D eigenvalue weighted by atomic mass is 10.2. The van der Waals surface area contributed by atoms with Gasteiger partial charge in [0, 0.05) is 12.3 Å². The molecule has 1 heterocycles. The number of carbonyl (C=O) groups excluding carboxylic acids is 1. The summed E-state index contributed by atoms with van der Waals surface area (Å²) in [5.74, 6) is 0.000440. The molecule has 1 aromatic heterocycles. The fraction of sp³-hybridized carbons (Fsp3) is 0.455. The van der Waals surface area contributed by atoms with E-state index in [-0.39, 0.29) is 0 Å². The normalized spacial score (nSPS) is 11.1. The smallest absolute Gasteiger partial charge is 0.344 e. The van der Waals surface area contributed by atoms with Crippen molar-refractivity contribution in [2.75, 3.05) is 7.11 Å². The third-order valence-electron chi connectivity index (χ3n) is 1.67. The SMILES string of the molecule is COc1cc(Br)ncc1C(=O)OC(C)(C)C. The van der Waals surface area contributed by atoms with Gasteiger partial charge < -0.3 is 9.47 Å². The second-order valence-electron chi connectivity index (χ2n) is 4.21. The van der Waals surface area contributed by atoms with Gasteiger partial charge in [-0.15, -0.1) is 0 Å². The molecule has 0 spiro atoms. The molecule has 0 aliphatic heterocycles. The summed E-state index contributed by atoms with van der Waals surface area (Å²) >= 11 is 3.20. The summed E-state index contributed by atoms with van der Waals surface area (Å²) in [6, 6.07) is 1.62. The van der Waals surface area contributed by atoms with Crippen molar-refractivity contribution in [1.29, 1.82) is 0 Å². The Balaban J connectivity index is 2.99. The van der Waals surface area contributed by atoms with Crippen LogP contribution in [0.15, 0.2) is 16.9 Å². The molecule has 0 unspecified atom stereocenters. The molecule has 0 aliphatic rings. The largest absolute Gasteiger partial charge is 0.496 e. The number of rotatable bonds is 2. The van der Waals surface area contributed by atoms with Gasteiger partial charge in [-0.2, -0.15) is 0 Å². The van der Waals surface area contributed by atoms with Gasteiger partial charge in [-0.3, -0.25) is 0 Å². The van der Waals surface area contributed by atoms with Crippen molar-refractivity contribution in [3.8, 4) is 5.75 Å². The first-order valence-corrected chi connectivity index (χ1v) is 5.55. The number of hydrogen-bond acceptors (Lipinski definition) is 4. The van der Waals surface area contributed by atoms with E-state index in [1.807, 2.05) is 20.8 Å². The number of nitrogens with zero attached hydrogens (tertiary/aromatic N) is 1. The van der Waals surface area contributed by atoms with E-state index >= 15 is 0 Å². The van der Waals surface area contributed by atoms with Crippen LogP contribution in [0.25, 0.3) is 0 Å². The molecule has 0 N–H and O–H groups in total. The van der Waals surface area contributed by atoms with E-state index < -0.39 is 11.6 Å². The quantitative estimate of drug-likeness (QED) is 0.620. The first-order chi connectivity index (χ1) is 7.33. The lowest BCUT2D eigenvalue weighted by Gasteiger charge is -2.20. The minimum Gasteiger partial charge on any atom is -0.496 e. The molecule has 88 valence electrons. The molecule has 0 saturated heterocycles. The molecule has 0 amide bonds. The van der Waals surface area contributed by atoms with Crippen molar-refractivity contribution in [3.63, 3.8) is 0 Å².